The molecule has 3 N–H and O–H groups in total. The summed E-state index contributed by atoms with van der Waals surface area (Å²) in [5.74, 6) is 0.0358. The maximum absolute atomic E-state index is 12.7. The second-order valence-corrected chi connectivity index (χ2v) is 6.64. The number of nitrogens with zero attached hydrogens (tertiary/aromatic N) is 2. The Hall–Kier alpha value is -4.14. The maximum atomic E-state index is 12.7. The molecule has 3 aromatic rings. The first-order chi connectivity index (χ1) is 14.4. The van der Waals surface area contributed by atoms with E-state index in [1.165, 1.54) is 12.1 Å². The Morgan fingerprint density at radius 3 is 2.67 bits per heavy atom. The van der Waals surface area contributed by atoms with E-state index < -0.39 is 23.4 Å². The number of aromatic nitrogens is 2. The minimum absolute atomic E-state index is 0.149. The number of nitrogens with one attached hydrogen (secondary N) is 1. The number of ether oxygens (including phenoxy) is 2. The van der Waals surface area contributed by atoms with Gasteiger partial charge in [-0.25, -0.2) is 4.68 Å². The minimum atomic E-state index is -0.938. The first-order valence-corrected chi connectivity index (χ1v) is 9.13. The quantitative estimate of drug-likeness (QED) is 0.667. The number of amides is 2. The van der Waals surface area contributed by atoms with E-state index >= 15 is 0 Å². The predicted octanol–water partition coefficient (Wildman–Crippen LogP) is 1.94. The van der Waals surface area contributed by atoms with Crippen LogP contribution in [0.5, 0.6) is 11.5 Å². The zero-order valence-electron chi connectivity index (χ0n) is 16.0. The van der Waals surface area contributed by atoms with Crippen molar-refractivity contribution < 1.29 is 19.1 Å². The molecule has 2 heterocycles. The number of benzene rings is 2. The lowest BCUT2D eigenvalue weighted by Crippen LogP contribution is -2.33. The van der Waals surface area contributed by atoms with Gasteiger partial charge in [0.1, 0.15) is 6.04 Å². The van der Waals surface area contributed by atoms with Crippen LogP contribution in [0.2, 0.25) is 0 Å². The highest BCUT2D eigenvalue weighted by Gasteiger charge is 2.21. The predicted molar refractivity (Wildman–Crippen MR) is 108 cm³/mol. The van der Waals surface area contributed by atoms with E-state index in [4.69, 9.17) is 15.2 Å². The summed E-state index contributed by atoms with van der Waals surface area (Å²) in [7, 11) is 0. The van der Waals surface area contributed by atoms with Gasteiger partial charge in [0.15, 0.2) is 11.5 Å². The Labute approximate surface area is 171 Å². The van der Waals surface area contributed by atoms with Crippen LogP contribution in [0.1, 0.15) is 23.3 Å². The van der Waals surface area contributed by atoms with E-state index in [0.717, 1.165) is 4.68 Å². The molecular formula is C21H18N4O5. The van der Waals surface area contributed by atoms with Crippen molar-refractivity contribution in [1.29, 1.82) is 0 Å². The van der Waals surface area contributed by atoms with Gasteiger partial charge in [-0.3, -0.25) is 14.4 Å². The summed E-state index contributed by atoms with van der Waals surface area (Å²) in [4.78, 5) is 36.7. The van der Waals surface area contributed by atoms with Gasteiger partial charge in [0.25, 0.3) is 11.5 Å². The largest absolute Gasteiger partial charge is 0.454 e. The third-order valence-electron chi connectivity index (χ3n) is 4.69. The Balaban J connectivity index is 1.62. The third-order valence-corrected chi connectivity index (χ3v) is 4.69. The first-order valence-electron chi connectivity index (χ1n) is 9.13. The molecule has 2 aromatic carbocycles. The van der Waals surface area contributed by atoms with Crippen molar-refractivity contribution in [2.75, 3.05) is 12.1 Å². The van der Waals surface area contributed by atoms with Crippen LogP contribution in [0.3, 0.4) is 0 Å². The van der Waals surface area contributed by atoms with Gasteiger partial charge in [-0.05, 0) is 43.3 Å². The van der Waals surface area contributed by atoms with Crippen LogP contribution in [0, 0.1) is 0 Å². The van der Waals surface area contributed by atoms with E-state index in [1.54, 1.807) is 49.4 Å². The molecule has 0 fully saturated rings. The second kappa shape index (κ2) is 7.70. The van der Waals surface area contributed by atoms with Gasteiger partial charge < -0.3 is 20.5 Å². The van der Waals surface area contributed by atoms with Gasteiger partial charge in [-0.15, -0.1) is 0 Å². The van der Waals surface area contributed by atoms with Crippen LogP contribution in [0.25, 0.3) is 11.3 Å². The first kappa shape index (κ1) is 19.2. The number of nitrogens with two attached hydrogens (primary N) is 1. The molecule has 2 amide bonds. The Bertz CT molecular complexity index is 1200. The normalized spacial score (nSPS) is 13.0. The van der Waals surface area contributed by atoms with Gasteiger partial charge in [0, 0.05) is 11.6 Å². The number of carbonyl (C=O) groups excluding carboxylic acids is 2. The third kappa shape index (κ3) is 3.60. The number of hydrogen-bond donors (Lipinski definition) is 2. The van der Waals surface area contributed by atoms with Crippen LogP contribution < -0.4 is 26.1 Å². The lowest BCUT2D eigenvalue weighted by Gasteiger charge is -2.16. The minimum Gasteiger partial charge on any atom is -0.454 e. The molecule has 152 valence electrons. The van der Waals surface area contributed by atoms with Crippen molar-refractivity contribution >= 4 is 17.5 Å². The van der Waals surface area contributed by atoms with Crippen molar-refractivity contribution in [3.63, 3.8) is 0 Å². The zero-order chi connectivity index (χ0) is 21.3. The van der Waals surface area contributed by atoms with E-state index in [-0.39, 0.29) is 18.0 Å². The fourth-order valence-electron chi connectivity index (χ4n) is 3.07. The van der Waals surface area contributed by atoms with Crippen molar-refractivity contribution in [2.45, 2.75) is 13.0 Å². The number of primary amides is 1. The smallest absolute Gasteiger partial charge is 0.267 e. The number of carbonyl (C=O) groups is 2. The molecule has 0 aliphatic carbocycles. The molecule has 30 heavy (non-hydrogen) atoms. The molecule has 1 atom stereocenters. The summed E-state index contributed by atoms with van der Waals surface area (Å²) in [5.41, 5.74) is 6.55. The summed E-state index contributed by atoms with van der Waals surface area (Å²) < 4.78 is 11.8. The molecule has 4 rings (SSSR count). The topological polar surface area (TPSA) is 126 Å². The molecule has 0 saturated carbocycles. The number of fused-ring (bicyclic) bond motifs is 1. The fourth-order valence-corrected chi connectivity index (χ4v) is 3.07. The molecule has 1 unspecified atom stereocenters. The molecule has 9 heteroatoms. The van der Waals surface area contributed by atoms with Crippen LogP contribution in [-0.4, -0.2) is 28.4 Å². The van der Waals surface area contributed by atoms with Gasteiger partial charge in [0.2, 0.25) is 12.7 Å². The monoisotopic (exact) mass is 406 g/mol. The Morgan fingerprint density at radius 2 is 1.87 bits per heavy atom. The molecule has 1 aliphatic rings. The second-order valence-electron chi connectivity index (χ2n) is 6.64. The Morgan fingerprint density at radius 1 is 1.10 bits per heavy atom. The van der Waals surface area contributed by atoms with E-state index in [0.29, 0.717) is 22.8 Å². The average Bonchev–Trinajstić information content (AvgIpc) is 3.21. The fraction of sp³-hybridized carbons (Fsp3) is 0.143. The average molecular weight is 406 g/mol. The SMILES string of the molecule is CC(C(=O)Nc1ccccc1C(N)=O)n1nc(-c2ccc3c(c2)OCO3)ccc1=O. The van der Waals surface area contributed by atoms with Crippen LogP contribution >= 0.6 is 0 Å². The summed E-state index contributed by atoms with van der Waals surface area (Å²) in [6, 6.07) is 13.6. The molecule has 0 saturated heterocycles. The number of para-hydroxylation sites is 1. The lowest BCUT2D eigenvalue weighted by atomic mass is 10.1. The standard InChI is InChI=1S/C21H18N4O5/c1-12(21(28)23-16-5-3-2-4-14(16)20(22)27)25-19(26)9-7-15(24-25)13-6-8-17-18(10-13)30-11-29-17/h2-10,12H,11H2,1H3,(H2,22,27)(H,23,28). The van der Waals surface area contributed by atoms with Crippen molar-refractivity contribution in [2.24, 2.45) is 5.73 Å². The van der Waals surface area contributed by atoms with Crippen molar-refractivity contribution in [3.05, 3.63) is 70.5 Å². The summed E-state index contributed by atoms with van der Waals surface area (Å²) >= 11 is 0. The van der Waals surface area contributed by atoms with E-state index in [1.807, 2.05) is 0 Å². The molecule has 1 aliphatic heterocycles. The van der Waals surface area contributed by atoms with Gasteiger partial charge in [-0.2, -0.15) is 5.10 Å². The lowest BCUT2D eigenvalue weighted by molar-refractivity contribution is -0.119. The van der Waals surface area contributed by atoms with Crippen LogP contribution in [0.15, 0.2) is 59.4 Å². The number of rotatable bonds is 5. The van der Waals surface area contributed by atoms with Crippen LogP contribution in [-0.2, 0) is 4.79 Å². The molecule has 1 aromatic heterocycles. The van der Waals surface area contributed by atoms with Crippen molar-refractivity contribution in [3.8, 4) is 22.8 Å². The molecule has 0 spiro atoms. The van der Waals surface area contributed by atoms with Gasteiger partial charge in [0.05, 0.1) is 16.9 Å². The maximum Gasteiger partial charge on any atom is 0.267 e. The number of anilines is 1. The van der Waals surface area contributed by atoms with Gasteiger partial charge >= 0.3 is 0 Å². The zero-order valence-corrected chi connectivity index (χ0v) is 16.0. The summed E-state index contributed by atoms with van der Waals surface area (Å²) in [6.07, 6.45) is 0. The summed E-state index contributed by atoms with van der Waals surface area (Å²) in [6.45, 7) is 1.69. The van der Waals surface area contributed by atoms with E-state index in [2.05, 4.69) is 10.4 Å². The highest BCUT2D eigenvalue weighted by Crippen LogP contribution is 2.35. The summed E-state index contributed by atoms with van der Waals surface area (Å²) in [5, 5.41) is 6.98. The van der Waals surface area contributed by atoms with Crippen LogP contribution in [0.4, 0.5) is 5.69 Å². The van der Waals surface area contributed by atoms with Crippen molar-refractivity contribution in [1.82, 2.24) is 9.78 Å². The van der Waals surface area contributed by atoms with E-state index in [9.17, 15) is 14.4 Å². The molecule has 0 bridgehead atoms. The molecule has 9 nitrogen and oxygen atoms in total. The molecular weight excluding hydrogens is 388 g/mol. The molecule has 0 radical (unpaired) electrons. The Kier molecular flexibility index (Phi) is 4.93. The highest BCUT2D eigenvalue weighted by atomic mass is 16.7. The highest BCUT2D eigenvalue weighted by molar-refractivity contribution is 6.03. The van der Waals surface area contributed by atoms with Gasteiger partial charge in [-0.1, -0.05) is 12.1 Å². The number of hydrogen-bond acceptors (Lipinski definition) is 6.